The monoisotopic (exact) mass is 365 g/mol. The van der Waals surface area contributed by atoms with Gasteiger partial charge in [0.05, 0.1) is 30.7 Å². The molecular weight excluding hydrogens is 342 g/mol. The Hall–Kier alpha value is -1.74. The second kappa shape index (κ2) is 7.65. The topological polar surface area (TPSA) is 94.1 Å². The molecule has 2 aliphatic rings. The van der Waals surface area contributed by atoms with E-state index in [9.17, 15) is 15.0 Å². The Bertz CT molecular complexity index is 630. The van der Waals surface area contributed by atoms with Gasteiger partial charge in [0.25, 0.3) is 0 Å². The number of benzene rings is 1. The molecule has 25 heavy (non-hydrogen) atoms. The Morgan fingerprint density at radius 3 is 2.80 bits per heavy atom. The number of para-hydroxylation sites is 1. The lowest BCUT2D eigenvalue weighted by atomic mass is 9.77. The summed E-state index contributed by atoms with van der Waals surface area (Å²) in [5.74, 6) is -0.682. The van der Waals surface area contributed by atoms with Crippen molar-refractivity contribution in [2.45, 2.75) is 30.7 Å². The van der Waals surface area contributed by atoms with Gasteiger partial charge >= 0.3 is 0 Å². The van der Waals surface area contributed by atoms with Gasteiger partial charge in [-0.2, -0.15) is 0 Å². The molecule has 1 amide bonds. The van der Waals surface area contributed by atoms with E-state index in [1.807, 2.05) is 35.2 Å². The van der Waals surface area contributed by atoms with E-state index >= 15 is 0 Å². The van der Waals surface area contributed by atoms with Crippen LogP contribution in [-0.4, -0.2) is 65.8 Å². The third kappa shape index (κ3) is 3.48. The smallest absolute Gasteiger partial charge is 0.225 e. The minimum atomic E-state index is -0.986. The van der Waals surface area contributed by atoms with Crippen molar-refractivity contribution >= 4 is 28.9 Å². The van der Waals surface area contributed by atoms with Crippen molar-refractivity contribution in [1.82, 2.24) is 10.6 Å². The number of nitrogens with zero attached hydrogens (tertiary/aromatic N) is 1. The van der Waals surface area contributed by atoms with Crippen molar-refractivity contribution in [2.75, 3.05) is 25.2 Å². The molecule has 1 aromatic rings. The summed E-state index contributed by atoms with van der Waals surface area (Å²) in [5, 5.41) is 27.0. The molecule has 3 rings (SSSR count). The Kier molecular flexibility index (Phi) is 5.53. The number of aliphatic hydroxyl groups excluding tert-OH is 2. The van der Waals surface area contributed by atoms with Crippen LogP contribution in [0.4, 0.5) is 5.69 Å². The van der Waals surface area contributed by atoms with Gasteiger partial charge in [0, 0.05) is 19.3 Å². The number of hydrogen-bond acceptors (Lipinski definition) is 5. The number of carbonyl (C=O) groups is 1. The molecule has 1 saturated carbocycles. The van der Waals surface area contributed by atoms with Crippen LogP contribution < -0.4 is 15.5 Å². The van der Waals surface area contributed by atoms with Gasteiger partial charge < -0.3 is 30.5 Å². The van der Waals surface area contributed by atoms with E-state index in [-0.39, 0.29) is 18.4 Å². The SMILES string of the molecule is COCCNC(=O)[C@@H]1C[C@@H](O)[C@H](O)[C@@H]2NC(=S)N(c3ccccc3)[C@@H]21. The average molecular weight is 365 g/mol. The Labute approximate surface area is 152 Å². The molecule has 1 aliphatic heterocycles. The van der Waals surface area contributed by atoms with Crippen molar-refractivity contribution in [3.63, 3.8) is 0 Å². The molecule has 0 unspecified atom stereocenters. The molecule has 8 heteroatoms. The highest BCUT2D eigenvalue weighted by atomic mass is 32.1. The summed E-state index contributed by atoms with van der Waals surface area (Å²) in [6.07, 6.45) is -1.79. The molecule has 0 bridgehead atoms. The summed E-state index contributed by atoms with van der Waals surface area (Å²) in [4.78, 5) is 14.6. The zero-order valence-corrected chi connectivity index (χ0v) is 14.8. The van der Waals surface area contributed by atoms with Crippen LogP contribution in [-0.2, 0) is 9.53 Å². The molecule has 1 aromatic carbocycles. The second-order valence-corrected chi connectivity index (χ2v) is 6.74. The number of ether oxygens (including phenoxy) is 1. The number of amides is 1. The molecule has 7 nitrogen and oxygen atoms in total. The minimum absolute atomic E-state index is 0.175. The molecule has 4 N–H and O–H groups in total. The number of hydrogen-bond donors (Lipinski definition) is 4. The van der Waals surface area contributed by atoms with E-state index in [4.69, 9.17) is 17.0 Å². The molecule has 1 saturated heterocycles. The van der Waals surface area contributed by atoms with Crippen molar-refractivity contribution in [1.29, 1.82) is 0 Å². The number of nitrogens with one attached hydrogen (secondary N) is 2. The highest BCUT2D eigenvalue weighted by Gasteiger charge is 2.53. The summed E-state index contributed by atoms with van der Waals surface area (Å²) in [7, 11) is 1.57. The van der Waals surface area contributed by atoms with Gasteiger partial charge in [0.1, 0.15) is 6.10 Å². The van der Waals surface area contributed by atoms with Crippen LogP contribution >= 0.6 is 12.2 Å². The second-order valence-electron chi connectivity index (χ2n) is 6.36. The van der Waals surface area contributed by atoms with E-state index in [0.29, 0.717) is 18.3 Å². The van der Waals surface area contributed by atoms with Crippen LogP contribution in [0.15, 0.2) is 30.3 Å². The van der Waals surface area contributed by atoms with E-state index in [2.05, 4.69) is 10.6 Å². The lowest BCUT2D eigenvalue weighted by molar-refractivity contribution is -0.131. The van der Waals surface area contributed by atoms with Crippen molar-refractivity contribution in [3.05, 3.63) is 30.3 Å². The first-order valence-electron chi connectivity index (χ1n) is 8.32. The molecule has 0 radical (unpaired) electrons. The molecule has 2 fully saturated rings. The van der Waals surface area contributed by atoms with Crippen LogP contribution in [0.25, 0.3) is 0 Å². The normalized spacial score (nSPS) is 31.4. The van der Waals surface area contributed by atoms with E-state index in [1.165, 1.54) is 0 Å². The number of anilines is 1. The number of rotatable bonds is 5. The number of thiocarbonyl (C=S) groups is 1. The molecular formula is C17H23N3O4S. The summed E-state index contributed by atoms with van der Waals surface area (Å²) in [6, 6.07) is 8.65. The average Bonchev–Trinajstić information content (AvgIpc) is 2.96. The summed E-state index contributed by atoms with van der Waals surface area (Å²) in [5.41, 5.74) is 0.853. The largest absolute Gasteiger partial charge is 0.390 e. The highest BCUT2D eigenvalue weighted by molar-refractivity contribution is 7.80. The molecule has 1 heterocycles. The van der Waals surface area contributed by atoms with Crippen molar-refractivity contribution in [3.8, 4) is 0 Å². The van der Waals surface area contributed by atoms with Crippen molar-refractivity contribution in [2.24, 2.45) is 5.92 Å². The van der Waals surface area contributed by atoms with E-state index in [1.54, 1.807) is 7.11 Å². The maximum Gasteiger partial charge on any atom is 0.225 e. The Morgan fingerprint density at radius 2 is 2.12 bits per heavy atom. The summed E-state index contributed by atoms with van der Waals surface area (Å²) >= 11 is 5.44. The lowest BCUT2D eigenvalue weighted by Crippen LogP contribution is -2.61. The maximum atomic E-state index is 12.7. The predicted octanol–water partition coefficient (Wildman–Crippen LogP) is -0.377. The maximum absolute atomic E-state index is 12.7. The van der Waals surface area contributed by atoms with Gasteiger partial charge in [-0.15, -0.1) is 0 Å². The minimum Gasteiger partial charge on any atom is -0.390 e. The van der Waals surface area contributed by atoms with Crippen LogP contribution in [0.3, 0.4) is 0 Å². The van der Waals surface area contributed by atoms with Gasteiger partial charge in [-0.25, -0.2) is 0 Å². The number of fused-ring (bicyclic) bond motifs is 1. The molecule has 136 valence electrons. The number of aliphatic hydroxyl groups is 2. The van der Waals surface area contributed by atoms with Gasteiger partial charge in [0.15, 0.2) is 5.11 Å². The fourth-order valence-corrected chi connectivity index (χ4v) is 4.00. The third-order valence-electron chi connectivity index (χ3n) is 4.82. The summed E-state index contributed by atoms with van der Waals surface area (Å²) in [6.45, 7) is 0.807. The van der Waals surface area contributed by atoms with Crippen LogP contribution in [0.5, 0.6) is 0 Å². The zero-order valence-electron chi connectivity index (χ0n) is 14.0. The molecule has 0 spiro atoms. The van der Waals surface area contributed by atoms with Crippen LogP contribution in [0.1, 0.15) is 6.42 Å². The Morgan fingerprint density at radius 1 is 1.40 bits per heavy atom. The fourth-order valence-electron chi connectivity index (χ4n) is 3.64. The first kappa shape index (κ1) is 18.1. The number of carbonyl (C=O) groups excluding carboxylic acids is 1. The van der Waals surface area contributed by atoms with Crippen LogP contribution in [0.2, 0.25) is 0 Å². The van der Waals surface area contributed by atoms with E-state index < -0.39 is 24.2 Å². The zero-order chi connectivity index (χ0) is 18.0. The van der Waals surface area contributed by atoms with Crippen LogP contribution in [0, 0.1) is 5.92 Å². The molecule has 1 aliphatic carbocycles. The standard InChI is InChI=1S/C17H23N3O4S/c1-24-8-7-18-16(23)11-9-12(21)15(22)13-14(11)20(17(25)19-13)10-5-3-2-4-6-10/h2-6,11-15,21-22H,7-9H2,1H3,(H,18,23)(H,19,25)/t11-,12-,13-,14-,15+/m1/s1. The summed E-state index contributed by atoms with van der Waals surface area (Å²) < 4.78 is 4.96. The van der Waals surface area contributed by atoms with Gasteiger partial charge in [-0.05, 0) is 30.8 Å². The van der Waals surface area contributed by atoms with Gasteiger partial charge in [0.2, 0.25) is 5.91 Å². The lowest BCUT2D eigenvalue weighted by Gasteiger charge is -2.41. The van der Waals surface area contributed by atoms with E-state index in [0.717, 1.165) is 5.69 Å². The first-order valence-corrected chi connectivity index (χ1v) is 8.73. The first-order chi connectivity index (χ1) is 12.0. The fraction of sp³-hybridized carbons (Fsp3) is 0.529. The molecule has 5 atom stereocenters. The Balaban J connectivity index is 1.89. The molecule has 0 aromatic heterocycles. The van der Waals surface area contributed by atoms with Gasteiger partial charge in [-0.3, -0.25) is 4.79 Å². The highest BCUT2D eigenvalue weighted by Crippen LogP contribution is 2.36. The predicted molar refractivity (Wildman–Crippen MR) is 97.2 cm³/mol. The quantitative estimate of drug-likeness (QED) is 0.418. The van der Waals surface area contributed by atoms with Gasteiger partial charge in [-0.1, -0.05) is 18.2 Å². The third-order valence-corrected chi connectivity index (χ3v) is 5.14. The number of methoxy groups -OCH3 is 1. The van der Waals surface area contributed by atoms with Crippen molar-refractivity contribution < 1.29 is 19.7 Å².